The van der Waals surface area contributed by atoms with Crippen molar-refractivity contribution in [3.63, 3.8) is 0 Å². The number of rotatable bonds is 10. The first kappa shape index (κ1) is 30.8. The summed E-state index contributed by atoms with van der Waals surface area (Å²) in [7, 11) is 0. The number of nitrogens with one attached hydrogen (secondary N) is 1. The number of nitriles is 4. The second-order valence-electron chi connectivity index (χ2n) is 11.8. The molecule has 0 aromatic rings. The van der Waals surface area contributed by atoms with Crippen LogP contribution in [0.5, 0.6) is 0 Å². The van der Waals surface area contributed by atoms with Crippen molar-refractivity contribution in [1.82, 2.24) is 5.32 Å². The molecule has 0 spiro atoms. The molecular weight excluding hydrogens is 490 g/mol. The maximum Gasteiger partial charge on any atom is 0.282 e. The van der Waals surface area contributed by atoms with Gasteiger partial charge in [-0.1, -0.05) is 52.5 Å². The predicted molar refractivity (Wildman–Crippen MR) is 146 cm³/mol. The highest BCUT2D eigenvalue weighted by molar-refractivity contribution is 5.57. The van der Waals surface area contributed by atoms with Gasteiger partial charge in [0.2, 0.25) is 0 Å². The smallest absolute Gasteiger partial charge is 0.282 e. The fourth-order valence-corrected chi connectivity index (χ4v) is 5.57. The van der Waals surface area contributed by atoms with Gasteiger partial charge in [-0.15, -0.1) is 0 Å². The SMILES string of the molecule is [C-]#[N+]/C(C#N)=C1\CC(C)(C)CC(NCCCCCCCC2=C(C#N)C(=C(C#N)C#N)CC(C)(C)C2)=C1[N+](=O)[O-]. The molecule has 0 bridgehead atoms. The Balaban J connectivity index is 1.97. The van der Waals surface area contributed by atoms with Crippen LogP contribution in [-0.4, -0.2) is 11.5 Å². The zero-order valence-corrected chi connectivity index (χ0v) is 23.3. The Labute approximate surface area is 231 Å². The van der Waals surface area contributed by atoms with Gasteiger partial charge in [0.05, 0.1) is 34.9 Å². The maximum atomic E-state index is 11.8. The van der Waals surface area contributed by atoms with Crippen molar-refractivity contribution >= 4 is 0 Å². The molecule has 0 amide bonds. The van der Waals surface area contributed by atoms with Crippen LogP contribution in [-0.2, 0) is 0 Å². The van der Waals surface area contributed by atoms with Crippen LogP contribution < -0.4 is 5.32 Å². The molecule has 0 saturated heterocycles. The van der Waals surface area contributed by atoms with Gasteiger partial charge in [0, 0.05) is 12.1 Å². The molecular formula is C30H35N7O2. The lowest BCUT2D eigenvalue weighted by atomic mass is 9.70. The van der Waals surface area contributed by atoms with Crippen LogP contribution in [0.1, 0.15) is 91.9 Å². The van der Waals surface area contributed by atoms with Gasteiger partial charge in [0.25, 0.3) is 11.4 Å². The molecule has 0 aliphatic heterocycles. The Hall–Kier alpha value is -4.39. The van der Waals surface area contributed by atoms with E-state index in [2.05, 4.69) is 30.1 Å². The molecule has 9 heteroatoms. The molecule has 0 atom stereocenters. The fraction of sp³-hybridized carbons (Fsp3) is 0.567. The van der Waals surface area contributed by atoms with Crippen LogP contribution in [0.25, 0.3) is 4.85 Å². The molecule has 9 nitrogen and oxygen atoms in total. The number of unbranched alkanes of at least 4 members (excludes halogenated alkanes) is 4. The highest BCUT2D eigenvalue weighted by Gasteiger charge is 2.38. The first-order valence-corrected chi connectivity index (χ1v) is 13.2. The van der Waals surface area contributed by atoms with Crippen molar-refractivity contribution in [3.05, 3.63) is 66.5 Å². The van der Waals surface area contributed by atoms with Gasteiger partial charge in [0.15, 0.2) is 0 Å². The van der Waals surface area contributed by atoms with Crippen molar-refractivity contribution in [1.29, 1.82) is 21.0 Å². The quantitative estimate of drug-likeness (QED) is 0.107. The Morgan fingerprint density at radius 1 is 0.923 bits per heavy atom. The van der Waals surface area contributed by atoms with Crippen molar-refractivity contribution in [2.24, 2.45) is 10.8 Å². The zero-order valence-electron chi connectivity index (χ0n) is 23.3. The second-order valence-corrected chi connectivity index (χ2v) is 11.8. The van der Waals surface area contributed by atoms with Crippen molar-refractivity contribution in [2.75, 3.05) is 6.54 Å². The summed E-state index contributed by atoms with van der Waals surface area (Å²) in [6.07, 6.45) is 7.45. The first-order chi connectivity index (χ1) is 18.4. The lowest BCUT2D eigenvalue weighted by Gasteiger charge is -2.33. The molecule has 2 aliphatic carbocycles. The Morgan fingerprint density at radius 2 is 1.51 bits per heavy atom. The van der Waals surface area contributed by atoms with E-state index in [0.717, 1.165) is 50.5 Å². The van der Waals surface area contributed by atoms with Crippen LogP contribution in [0.2, 0.25) is 0 Å². The number of hydrogen-bond acceptors (Lipinski definition) is 7. The van der Waals surface area contributed by atoms with E-state index in [4.69, 9.17) is 6.57 Å². The highest BCUT2D eigenvalue weighted by Crippen LogP contribution is 2.44. The van der Waals surface area contributed by atoms with Gasteiger partial charge in [-0.3, -0.25) is 10.1 Å². The number of hydrogen-bond donors (Lipinski definition) is 1. The third kappa shape index (κ3) is 8.04. The first-order valence-electron chi connectivity index (χ1n) is 13.2. The molecule has 0 fully saturated rings. The van der Waals surface area contributed by atoms with Crippen molar-refractivity contribution < 1.29 is 4.92 Å². The van der Waals surface area contributed by atoms with E-state index >= 15 is 0 Å². The lowest BCUT2D eigenvalue weighted by molar-refractivity contribution is -0.423. The van der Waals surface area contributed by atoms with E-state index in [-0.39, 0.29) is 33.4 Å². The van der Waals surface area contributed by atoms with E-state index in [1.807, 2.05) is 32.1 Å². The summed E-state index contributed by atoms with van der Waals surface area (Å²) in [5, 5.41) is 52.8. The third-order valence-corrected chi connectivity index (χ3v) is 7.20. The molecule has 1 N–H and O–H groups in total. The molecule has 2 rings (SSSR count). The Morgan fingerprint density at radius 3 is 2.08 bits per heavy atom. The Bertz CT molecular complexity index is 1310. The van der Waals surface area contributed by atoms with Gasteiger partial charge in [-0.05, 0) is 61.3 Å². The van der Waals surface area contributed by atoms with Gasteiger partial charge in [0.1, 0.15) is 17.7 Å². The molecule has 0 heterocycles. The van der Waals surface area contributed by atoms with Gasteiger partial charge in [-0.2, -0.15) is 15.8 Å². The minimum absolute atomic E-state index is 0.0292. The van der Waals surface area contributed by atoms with Crippen LogP contribution in [0.3, 0.4) is 0 Å². The van der Waals surface area contributed by atoms with Crippen LogP contribution in [0, 0.1) is 72.8 Å². The molecule has 2 aliphatic rings. The second kappa shape index (κ2) is 13.4. The van der Waals surface area contributed by atoms with Crippen LogP contribution in [0.15, 0.2) is 45.0 Å². The summed E-state index contributed by atoms with van der Waals surface area (Å²) in [5.41, 5.74) is 2.06. The summed E-state index contributed by atoms with van der Waals surface area (Å²) >= 11 is 0. The third-order valence-electron chi connectivity index (χ3n) is 7.20. The normalized spacial score (nSPS) is 19.1. The maximum absolute atomic E-state index is 11.8. The monoisotopic (exact) mass is 525 g/mol. The Kier molecular flexibility index (Phi) is 10.6. The van der Waals surface area contributed by atoms with Crippen molar-refractivity contribution in [3.8, 4) is 24.3 Å². The summed E-state index contributed by atoms with van der Waals surface area (Å²) in [5.74, 6) is 0. The summed E-state index contributed by atoms with van der Waals surface area (Å²) < 4.78 is 0. The largest absolute Gasteiger partial charge is 0.383 e. The van der Waals surface area contributed by atoms with E-state index in [9.17, 15) is 31.2 Å². The average molecular weight is 526 g/mol. The summed E-state index contributed by atoms with van der Waals surface area (Å²) in [6.45, 7) is 16.0. The van der Waals surface area contributed by atoms with Crippen LogP contribution in [0.4, 0.5) is 0 Å². The van der Waals surface area contributed by atoms with Gasteiger partial charge in [-0.25, -0.2) is 10.1 Å². The number of nitro groups is 1. The van der Waals surface area contributed by atoms with E-state index in [1.165, 1.54) is 0 Å². The van der Waals surface area contributed by atoms with E-state index in [1.54, 1.807) is 0 Å². The molecule has 0 aromatic heterocycles. The lowest BCUT2D eigenvalue weighted by Crippen LogP contribution is -2.31. The molecule has 202 valence electrons. The average Bonchev–Trinajstić information content (AvgIpc) is 2.85. The van der Waals surface area contributed by atoms with Gasteiger partial charge >= 0.3 is 0 Å². The molecule has 0 saturated carbocycles. The topological polar surface area (TPSA) is 155 Å². The minimum Gasteiger partial charge on any atom is -0.383 e. The number of nitrogens with zero attached hydrogens (tertiary/aromatic N) is 6. The standard InChI is InChI=1S/C30H35N7O2/c1-29(2)13-21(25(19-33)23(14-29)22(17-31)18-32)11-9-7-6-8-10-12-36-26-16-30(3,4)15-24(27(20-34)35-5)28(26)37(38)39/h36H,6-16H2,1-4H3/b27-24+. The molecule has 0 aromatic carbocycles. The molecule has 0 radical (unpaired) electrons. The minimum atomic E-state index is -0.483. The molecule has 39 heavy (non-hydrogen) atoms. The van der Waals surface area contributed by atoms with Crippen LogP contribution >= 0.6 is 0 Å². The number of allylic oxidation sites excluding steroid dienone is 7. The van der Waals surface area contributed by atoms with Crippen molar-refractivity contribution in [2.45, 2.75) is 91.9 Å². The predicted octanol–water partition coefficient (Wildman–Crippen LogP) is 6.91. The summed E-state index contributed by atoms with van der Waals surface area (Å²) in [6, 6.07) is 7.96. The van der Waals surface area contributed by atoms with E-state index < -0.39 is 4.92 Å². The fourth-order valence-electron chi connectivity index (χ4n) is 5.57. The zero-order chi connectivity index (χ0) is 29.2. The molecule has 0 unspecified atom stereocenters. The highest BCUT2D eigenvalue weighted by atomic mass is 16.6. The van der Waals surface area contributed by atoms with E-state index in [0.29, 0.717) is 42.7 Å². The van der Waals surface area contributed by atoms with Gasteiger partial charge < -0.3 is 5.32 Å². The summed E-state index contributed by atoms with van der Waals surface area (Å²) in [4.78, 5) is 14.6.